The summed E-state index contributed by atoms with van der Waals surface area (Å²) in [5, 5.41) is 8.78. The summed E-state index contributed by atoms with van der Waals surface area (Å²) >= 11 is 0. The first-order chi connectivity index (χ1) is 14.2. The number of carboxylic acids is 1. The van der Waals surface area contributed by atoms with Crippen LogP contribution in [-0.2, 0) is 28.6 Å². The van der Waals surface area contributed by atoms with Gasteiger partial charge in [0.15, 0.2) is 0 Å². The Balaban J connectivity index is 2.34. The summed E-state index contributed by atoms with van der Waals surface area (Å²) in [5.74, 6) is -1.14. The first-order valence-electron chi connectivity index (χ1n) is 10.6. The normalized spacial score (nSPS) is 12.5. The van der Waals surface area contributed by atoms with Gasteiger partial charge < -0.3 is 9.84 Å². The number of aliphatic carboxylic acids is 1. The van der Waals surface area contributed by atoms with Gasteiger partial charge in [-0.25, -0.2) is 0 Å². The number of ether oxygens (including phenoxy) is 1. The highest BCUT2D eigenvalue weighted by molar-refractivity contribution is 7.86. The number of esters is 1. The van der Waals surface area contributed by atoms with Crippen LogP contribution >= 0.6 is 0 Å². The van der Waals surface area contributed by atoms with Crippen LogP contribution in [0.3, 0.4) is 0 Å². The minimum absolute atomic E-state index is 0.0377. The molecule has 0 heterocycles. The number of benzene rings is 1. The molecule has 0 saturated heterocycles. The van der Waals surface area contributed by atoms with Gasteiger partial charge in [0.2, 0.25) is 0 Å². The average molecular weight is 457 g/mol. The molecule has 1 rings (SSSR count). The van der Waals surface area contributed by atoms with Crippen LogP contribution in [0.15, 0.2) is 29.2 Å². The van der Waals surface area contributed by atoms with Crippen molar-refractivity contribution in [3.8, 4) is 0 Å². The predicted molar refractivity (Wildman–Crippen MR) is 118 cm³/mol. The number of rotatable bonds is 14. The van der Waals surface area contributed by atoms with Crippen LogP contribution in [0.5, 0.6) is 0 Å². The van der Waals surface area contributed by atoms with Crippen LogP contribution < -0.4 is 0 Å². The number of aryl methyl sites for hydroxylation is 1. The van der Waals surface area contributed by atoms with E-state index in [9.17, 15) is 18.0 Å². The van der Waals surface area contributed by atoms with Crippen LogP contribution in [0.1, 0.15) is 71.8 Å². The van der Waals surface area contributed by atoms with Crippen LogP contribution in [0.4, 0.5) is 0 Å². The first-order valence-corrected chi connectivity index (χ1v) is 12.0. The third-order valence-electron chi connectivity index (χ3n) is 5.39. The van der Waals surface area contributed by atoms with Crippen molar-refractivity contribution >= 4 is 22.1 Å². The summed E-state index contributed by atoms with van der Waals surface area (Å²) in [7, 11) is -3.80. The highest BCUT2D eigenvalue weighted by atomic mass is 32.2. The van der Waals surface area contributed by atoms with E-state index in [2.05, 4.69) is 0 Å². The minimum atomic E-state index is -3.80. The lowest BCUT2D eigenvalue weighted by Gasteiger charge is -2.25. The molecule has 0 aliphatic carbocycles. The van der Waals surface area contributed by atoms with Gasteiger partial charge in [0.25, 0.3) is 10.1 Å². The Morgan fingerprint density at radius 2 is 1.39 bits per heavy atom. The maximum Gasteiger partial charge on any atom is 0.305 e. The molecule has 1 aromatic carbocycles. The van der Waals surface area contributed by atoms with Gasteiger partial charge in [-0.2, -0.15) is 8.42 Å². The smallest absolute Gasteiger partial charge is 0.305 e. The van der Waals surface area contributed by atoms with Gasteiger partial charge >= 0.3 is 11.9 Å². The number of carboxylic acid groups (broad SMARTS) is 1. The number of hydrogen-bond donors (Lipinski definition) is 1. The zero-order valence-corrected chi connectivity index (χ0v) is 20.1. The Morgan fingerprint density at radius 3 is 1.94 bits per heavy atom. The summed E-state index contributed by atoms with van der Waals surface area (Å²) < 4.78 is 34.9. The quantitative estimate of drug-likeness (QED) is 0.319. The van der Waals surface area contributed by atoms with E-state index in [1.54, 1.807) is 12.1 Å². The fourth-order valence-corrected chi connectivity index (χ4v) is 3.76. The Morgan fingerprint density at radius 1 is 0.871 bits per heavy atom. The van der Waals surface area contributed by atoms with E-state index in [0.717, 1.165) is 5.56 Å². The molecule has 0 aliphatic rings. The van der Waals surface area contributed by atoms with Crippen molar-refractivity contribution in [2.45, 2.75) is 78.0 Å². The van der Waals surface area contributed by atoms with Gasteiger partial charge in [-0.15, -0.1) is 0 Å². The van der Waals surface area contributed by atoms with Crippen molar-refractivity contribution in [3.63, 3.8) is 0 Å². The van der Waals surface area contributed by atoms with Crippen molar-refractivity contribution in [2.75, 3.05) is 13.2 Å². The summed E-state index contributed by atoms with van der Waals surface area (Å²) in [6.45, 7) is 9.99. The SMILES string of the molecule is Cc1ccc(S(=O)(=O)OCCC(C)(C)CCC(=O)OCCC(C)(C)CCC(=O)O)cc1. The molecule has 31 heavy (non-hydrogen) atoms. The summed E-state index contributed by atoms with van der Waals surface area (Å²) in [6, 6.07) is 6.49. The number of carbonyl (C=O) groups excluding carboxylic acids is 1. The highest BCUT2D eigenvalue weighted by Crippen LogP contribution is 2.29. The fourth-order valence-electron chi connectivity index (χ4n) is 2.85. The van der Waals surface area contributed by atoms with E-state index >= 15 is 0 Å². The minimum Gasteiger partial charge on any atom is -0.481 e. The van der Waals surface area contributed by atoms with E-state index < -0.39 is 16.1 Å². The van der Waals surface area contributed by atoms with Gasteiger partial charge in [0.05, 0.1) is 18.1 Å². The van der Waals surface area contributed by atoms with Crippen LogP contribution in [0.25, 0.3) is 0 Å². The Hall–Kier alpha value is -1.93. The predicted octanol–water partition coefficient (Wildman–Crippen LogP) is 4.72. The molecule has 0 amide bonds. The molecule has 8 heteroatoms. The molecular formula is C23H36O7S. The van der Waals surface area contributed by atoms with Crippen molar-refractivity contribution < 1.29 is 32.0 Å². The van der Waals surface area contributed by atoms with Gasteiger partial charge in [-0.3, -0.25) is 13.8 Å². The van der Waals surface area contributed by atoms with Crippen molar-refractivity contribution in [2.24, 2.45) is 10.8 Å². The zero-order chi connectivity index (χ0) is 23.7. The molecule has 0 atom stereocenters. The zero-order valence-electron chi connectivity index (χ0n) is 19.3. The lowest BCUT2D eigenvalue weighted by Crippen LogP contribution is -2.20. The van der Waals surface area contributed by atoms with Gasteiger partial charge in [-0.05, 0) is 55.6 Å². The molecule has 0 aromatic heterocycles. The Bertz CT molecular complexity index is 824. The van der Waals surface area contributed by atoms with Crippen molar-refractivity contribution in [1.82, 2.24) is 0 Å². The second-order valence-electron chi connectivity index (χ2n) is 9.53. The standard InChI is InChI=1S/C23H36O7S/c1-18-6-8-19(9-7-18)31(27,28)30-17-15-23(4,5)13-11-21(26)29-16-14-22(2,3)12-10-20(24)25/h6-9H,10-17H2,1-5H3,(H,24,25). The second kappa shape index (κ2) is 11.6. The first kappa shape index (κ1) is 27.1. The van der Waals surface area contributed by atoms with Gasteiger partial charge in [0.1, 0.15) is 0 Å². The molecule has 0 aliphatic heterocycles. The molecule has 0 saturated carbocycles. The van der Waals surface area contributed by atoms with E-state index in [0.29, 0.717) is 25.7 Å². The molecule has 1 aromatic rings. The molecular weight excluding hydrogens is 420 g/mol. The van der Waals surface area contributed by atoms with Crippen molar-refractivity contribution in [3.05, 3.63) is 29.8 Å². The highest BCUT2D eigenvalue weighted by Gasteiger charge is 2.23. The van der Waals surface area contributed by atoms with Crippen LogP contribution in [0.2, 0.25) is 0 Å². The maximum absolute atomic E-state index is 12.2. The maximum atomic E-state index is 12.2. The largest absolute Gasteiger partial charge is 0.481 e. The van der Waals surface area contributed by atoms with Gasteiger partial charge in [-0.1, -0.05) is 45.4 Å². The summed E-state index contributed by atoms with van der Waals surface area (Å²) in [6.07, 6.45) is 2.47. The molecule has 176 valence electrons. The molecule has 1 N–H and O–H groups in total. The molecule has 0 unspecified atom stereocenters. The molecule has 0 spiro atoms. The number of carbonyl (C=O) groups is 2. The van der Waals surface area contributed by atoms with Gasteiger partial charge in [0, 0.05) is 12.8 Å². The second-order valence-corrected chi connectivity index (χ2v) is 11.1. The average Bonchev–Trinajstić information content (AvgIpc) is 2.65. The molecule has 0 radical (unpaired) electrons. The van der Waals surface area contributed by atoms with E-state index in [4.69, 9.17) is 14.0 Å². The third kappa shape index (κ3) is 11.3. The van der Waals surface area contributed by atoms with Crippen LogP contribution in [0, 0.1) is 17.8 Å². The topological polar surface area (TPSA) is 107 Å². The third-order valence-corrected chi connectivity index (χ3v) is 6.72. The Kier molecular flexibility index (Phi) is 10.2. The van der Waals surface area contributed by atoms with Crippen molar-refractivity contribution in [1.29, 1.82) is 0 Å². The van der Waals surface area contributed by atoms with E-state index in [1.807, 2.05) is 34.6 Å². The lowest BCUT2D eigenvalue weighted by molar-refractivity contribution is -0.145. The Labute approximate surface area is 186 Å². The molecule has 7 nitrogen and oxygen atoms in total. The summed E-state index contributed by atoms with van der Waals surface area (Å²) in [4.78, 5) is 22.9. The van der Waals surface area contributed by atoms with E-state index in [-0.39, 0.29) is 47.8 Å². The lowest BCUT2D eigenvalue weighted by atomic mass is 9.84. The van der Waals surface area contributed by atoms with Crippen LogP contribution in [-0.4, -0.2) is 38.7 Å². The number of hydrogen-bond acceptors (Lipinski definition) is 6. The summed E-state index contributed by atoms with van der Waals surface area (Å²) in [5.41, 5.74) is 0.469. The van der Waals surface area contributed by atoms with E-state index in [1.165, 1.54) is 12.1 Å². The monoisotopic (exact) mass is 456 g/mol. The fraction of sp³-hybridized carbons (Fsp3) is 0.652. The molecule has 0 fully saturated rings. The molecule has 0 bridgehead atoms.